The maximum Gasteiger partial charge on any atom is 0.267 e. The van der Waals surface area contributed by atoms with Crippen molar-refractivity contribution in [2.75, 3.05) is 6.54 Å². The quantitative estimate of drug-likeness (QED) is 0.608. The molecule has 0 aliphatic carbocycles. The molecule has 3 aromatic rings. The molecule has 0 radical (unpaired) electrons. The van der Waals surface area contributed by atoms with Gasteiger partial charge in [0.1, 0.15) is 6.54 Å². The highest BCUT2D eigenvalue weighted by Gasteiger charge is 2.08. The molecular formula is C24H27N3O2. The summed E-state index contributed by atoms with van der Waals surface area (Å²) in [6.07, 6.45) is 4.15. The van der Waals surface area contributed by atoms with Gasteiger partial charge in [0.05, 0.1) is 5.69 Å². The van der Waals surface area contributed by atoms with Gasteiger partial charge in [-0.2, -0.15) is 5.10 Å². The highest BCUT2D eigenvalue weighted by atomic mass is 16.2. The largest absolute Gasteiger partial charge is 0.354 e. The van der Waals surface area contributed by atoms with Crippen LogP contribution in [0.3, 0.4) is 0 Å². The number of hydrogen-bond donors (Lipinski definition) is 1. The van der Waals surface area contributed by atoms with Crippen molar-refractivity contribution >= 4 is 5.91 Å². The summed E-state index contributed by atoms with van der Waals surface area (Å²) >= 11 is 0. The first kappa shape index (κ1) is 20.5. The molecule has 0 bridgehead atoms. The molecule has 0 atom stereocenters. The van der Waals surface area contributed by atoms with Crippen LogP contribution < -0.4 is 10.9 Å². The summed E-state index contributed by atoms with van der Waals surface area (Å²) in [5.41, 5.74) is 3.79. The van der Waals surface area contributed by atoms with E-state index in [9.17, 15) is 9.59 Å². The number of rotatable bonds is 9. The first-order valence-electron chi connectivity index (χ1n) is 10.1. The van der Waals surface area contributed by atoms with Crippen LogP contribution in [-0.4, -0.2) is 22.2 Å². The molecule has 0 spiro atoms. The van der Waals surface area contributed by atoms with Gasteiger partial charge in [-0.25, -0.2) is 4.68 Å². The van der Waals surface area contributed by atoms with E-state index >= 15 is 0 Å². The molecule has 0 fully saturated rings. The van der Waals surface area contributed by atoms with E-state index in [2.05, 4.69) is 29.5 Å². The molecule has 0 saturated carbocycles. The van der Waals surface area contributed by atoms with E-state index in [1.807, 2.05) is 42.5 Å². The van der Waals surface area contributed by atoms with Gasteiger partial charge in [-0.1, -0.05) is 67.9 Å². The van der Waals surface area contributed by atoms with E-state index in [1.165, 1.54) is 29.2 Å². The maximum atomic E-state index is 12.2. The summed E-state index contributed by atoms with van der Waals surface area (Å²) in [4.78, 5) is 24.4. The van der Waals surface area contributed by atoms with Crippen LogP contribution in [0.1, 0.15) is 30.9 Å². The molecule has 0 unspecified atom stereocenters. The zero-order valence-electron chi connectivity index (χ0n) is 16.8. The summed E-state index contributed by atoms with van der Waals surface area (Å²) in [5.74, 6) is -0.220. The van der Waals surface area contributed by atoms with Crippen LogP contribution in [0.25, 0.3) is 11.3 Å². The molecule has 0 saturated heterocycles. The molecule has 0 aliphatic heterocycles. The van der Waals surface area contributed by atoms with Gasteiger partial charge >= 0.3 is 0 Å². The van der Waals surface area contributed by atoms with E-state index in [4.69, 9.17) is 0 Å². The summed E-state index contributed by atoms with van der Waals surface area (Å²) in [6, 6.07) is 21.3. The number of nitrogens with zero attached hydrogens (tertiary/aromatic N) is 2. The molecule has 0 aliphatic rings. The second-order valence-electron chi connectivity index (χ2n) is 7.10. The Kier molecular flexibility index (Phi) is 7.34. The summed E-state index contributed by atoms with van der Waals surface area (Å²) in [6.45, 7) is 2.62. The molecule has 29 heavy (non-hydrogen) atoms. The summed E-state index contributed by atoms with van der Waals surface area (Å²) < 4.78 is 1.22. The number of hydrogen-bond acceptors (Lipinski definition) is 3. The van der Waals surface area contributed by atoms with E-state index in [-0.39, 0.29) is 18.0 Å². The van der Waals surface area contributed by atoms with E-state index in [0.717, 1.165) is 24.0 Å². The third kappa shape index (κ3) is 6.14. The number of aromatic nitrogens is 2. The van der Waals surface area contributed by atoms with Crippen LogP contribution in [0.4, 0.5) is 0 Å². The molecule has 1 aromatic heterocycles. The molecular weight excluding hydrogens is 362 g/mol. The van der Waals surface area contributed by atoms with Crippen molar-refractivity contribution in [3.05, 3.63) is 88.2 Å². The van der Waals surface area contributed by atoms with Gasteiger partial charge in [-0.15, -0.1) is 0 Å². The smallest absolute Gasteiger partial charge is 0.267 e. The molecule has 3 rings (SSSR count). The van der Waals surface area contributed by atoms with E-state index < -0.39 is 0 Å². The number of benzene rings is 2. The van der Waals surface area contributed by atoms with Crippen molar-refractivity contribution < 1.29 is 4.79 Å². The van der Waals surface area contributed by atoms with E-state index in [0.29, 0.717) is 12.2 Å². The molecule has 1 heterocycles. The number of aryl methyl sites for hydroxylation is 1. The van der Waals surface area contributed by atoms with Gasteiger partial charge in [0.15, 0.2) is 0 Å². The highest BCUT2D eigenvalue weighted by Crippen LogP contribution is 2.17. The van der Waals surface area contributed by atoms with Crippen LogP contribution in [0.15, 0.2) is 71.5 Å². The minimum atomic E-state index is -0.286. The van der Waals surface area contributed by atoms with E-state index in [1.54, 1.807) is 6.07 Å². The number of carbonyl (C=O) groups is 1. The Morgan fingerprint density at radius 1 is 0.931 bits per heavy atom. The highest BCUT2D eigenvalue weighted by molar-refractivity contribution is 5.75. The van der Waals surface area contributed by atoms with Crippen molar-refractivity contribution in [1.29, 1.82) is 0 Å². The fraction of sp³-hybridized carbons (Fsp3) is 0.292. The van der Waals surface area contributed by atoms with Crippen molar-refractivity contribution in [1.82, 2.24) is 15.1 Å². The molecule has 5 heteroatoms. The molecule has 1 amide bonds. The third-order valence-electron chi connectivity index (χ3n) is 4.81. The van der Waals surface area contributed by atoms with Gasteiger partial charge in [0.2, 0.25) is 5.91 Å². The van der Waals surface area contributed by atoms with Crippen molar-refractivity contribution in [3.8, 4) is 11.3 Å². The Labute approximate surface area is 171 Å². The van der Waals surface area contributed by atoms with Gasteiger partial charge < -0.3 is 5.32 Å². The minimum Gasteiger partial charge on any atom is -0.354 e. The average Bonchev–Trinajstić information content (AvgIpc) is 2.75. The third-order valence-corrected chi connectivity index (χ3v) is 4.81. The first-order chi connectivity index (χ1) is 14.2. The topological polar surface area (TPSA) is 64.0 Å². The predicted octanol–water partition coefficient (Wildman–Crippen LogP) is 3.61. The lowest BCUT2D eigenvalue weighted by Gasteiger charge is -2.09. The van der Waals surface area contributed by atoms with Gasteiger partial charge in [0, 0.05) is 18.2 Å². The fourth-order valence-electron chi connectivity index (χ4n) is 3.12. The Morgan fingerprint density at radius 2 is 1.66 bits per heavy atom. The summed E-state index contributed by atoms with van der Waals surface area (Å²) in [7, 11) is 0. The SMILES string of the molecule is CCCCc1ccc(-c2ccc(=O)n(CC(=O)NCCc3ccccc3)n2)cc1. The van der Waals surface area contributed by atoms with Crippen molar-refractivity contribution in [3.63, 3.8) is 0 Å². The zero-order valence-corrected chi connectivity index (χ0v) is 16.8. The summed E-state index contributed by atoms with van der Waals surface area (Å²) in [5, 5.41) is 7.24. The number of nitrogens with one attached hydrogen (secondary N) is 1. The Hall–Kier alpha value is -3.21. The Balaban J connectivity index is 1.61. The van der Waals surface area contributed by atoms with Crippen LogP contribution in [-0.2, 0) is 24.2 Å². The standard InChI is InChI=1S/C24H27N3O2/c1-2-3-7-20-10-12-21(13-11-20)22-14-15-24(29)27(26-22)18-23(28)25-17-16-19-8-5-4-6-9-19/h4-6,8-15H,2-3,7,16-18H2,1H3,(H,25,28). The zero-order chi connectivity index (χ0) is 20.5. The van der Waals surface area contributed by atoms with Gasteiger partial charge in [-0.05, 0) is 36.5 Å². The second-order valence-corrected chi connectivity index (χ2v) is 7.10. The lowest BCUT2D eigenvalue weighted by molar-refractivity contribution is -0.121. The normalized spacial score (nSPS) is 10.7. The lowest BCUT2D eigenvalue weighted by atomic mass is 10.0. The number of amides is 1. The van der Waals surface area contributed by atoms with Crippen LogP contribution in [0.2, 0.25) is 0 Å². The second kappa shape index (κ2) is 10.4. The lowest BCUT2D eigenvalue weighted by Crippen LogP contribution is -2.34. The molecule has 5 nitrogen and oxygen atoms in total. The molecule has 150 valence electrons. The monoisotopic (exact) mass is 389 g/mol. The van der Waals surface area contributed by atoms with Crippen LogP contribution in [0.5, 0.6) is 0 Å². The maximum absolute atomic E-state index is 12.2. The molecule has 1 N–H and O–H groups in total. The fourth-order valence-corrected chi connectivity index (χ4v) is 3.12. The number of unbranched alkanes of at least 4 members (excludes halogenated alkanes) is 1. The minimum absolute atomic E-state index is 0.0873. The Bertz CT molecular complexity index is 979. The van der Waals surface area contributed by atoms with Gasteiger partial charge in [0.25, 0.3) is 5.56 Å². The Morgan fingerprint density at radius 3 is 2.38 bits per heavy atom. The van der Waals surface area contributed by atoms with Crippen LogP contribution in [0, 0.1) is 0 Å². The molecule has 2 aromatic carbocycles. The first-order valence-corrected chi connectivity index (χ1v) is 10.1. The van der Waals surface area contributed by atoms with Crippen molar-refractivity contribution in [2.24, 2.45) is 0 Å². The number of carbonyl (C=O) groups excluding carboxylic acids is 1. The van der Waals surface area contributed by atoms with Crippen LogP contribution >= 0.6 is 0 Å². The van der Waals surface area contributed by atoms with Crippen molar-refractivity contribution in [2.45, 2.75) is 39.2 Å². The predicted molar refractivity (Wildman–Crippen MR) is 116 cm³/mol. The average molecular weight is 389 g/mol. The van der Waals surface area contributed by atoms with Gasteiger partial charge in [-0.3, -0.25) is 9.59 Å².